The van der Waals surface area contributed by atoms with Crippen molar-refractivity contribution in [1.29, 1.82) is 5.26 Å². The van der Waals surface area contributed by atoms with Crippen LogP contribution in [0.5, 0.6) is 0 Å². The molecule has 0 spiro atoms. The van der Waals surface area contributed by atoms with Gasteiger partial charge in [0, 0.05) is 10.9 Å². The van der Waals surface area contributed by atoms with Gasteiger partial charge in [-0.05, 0) is 37.7 Å². The lowest BCUT2D eigenvalue weighted by Crippen LogP contribution is -2.06. The predicted octanol–water partition coefficient (Wildman–Crippen LogP) is 5.61. The molecule has 1 atom stereocenters. The number of nitrogens with zero attached hydrogens (tertiary/aromatic N) is 2. The van der Waals surface area contributed by atoms with Crippen molar-refractivity contribution in [3.63, 3.8) is 0 Å². The highest BCUT2D eigenvalue weighted by Gasteiger charge is 2.19. The lowest BCUT2D eigenvalue weighted by molar-refractivity contribution is 0.454. The van der Waals surface area contributed by atoms with Crippen LogP contribution in [0.2, 0.25) is 0 Å². The molecule has 0 amide bonds. The summed E-state index contributed by atoms with van der Waals surface area (Å²) in [7, 11) is 0. The molecule has 1 unspecified atom stereocenters. The molecule has 1 heterocycles. The first kappa shape index (κ1) is 15.0. The number of hydrogen-bond donors (Lipinski definition) is 0. The van der Waals surface area contributed by atoms with Crippen LogP contribution in [0.4, 0.5) is 0 Å². The molecular weight excluding hydrogens is 288 g/mol. The normalized spacial score (nSPS) is 20.5. The molecule has 0 aliphatic heterocycles. The third kappa shape index (κ3) is 3.13. The Morgan fingerprint density at radius 2 is 2.09 bits per heavy atom. The summed E-state index contributed by atoms with van der Waals surface area (Å²) in [4.78, 5) is 4.72. The second-order valence-corrected chi connectivity index (χ2v) is 7.05. The van der Waals surface area contributed by atoms with E-state index in [9.17, 15) is 5.26 Å². The average Bonchev–Trinajstić information content (AvgIpc) is 2.98. The van der Waals surface area contributed by atoms with Crippen molar-refractivity contribution in [2.24, 2.45) is 5.92 Å². The van der Waals surface area contributed by atoms with Crippen LogP contribution >= 0.6 is 11.3 Å². The molecular formula is C19H20N2S. The number of nitriles is 1. The van der Waals surface area contributed by atoms with Crippen LogP contribution in [0, 0.1) is 24.2 Å². The second-order valence-electron chi connectivity index (χ2n) is 6.20. The zero-order valence-corrected chi connectivity index (χ0v) is 13.9. The molecule has 112 valence electrons. The third-order valence-corrected chi connectivity index (χ3v) is 5.16. The summed E-state index contributed by atoms with van der Waals surface area (Å²) < 4.78 is 0. The number of allylic oxidation sites excluding steroid dienone is 2. The fourth-order valence-electron chi connectivity index (χ4n) is 3.04. The Balaban J connectivity index is 1.93. The van der Waals surface area contributed by atoms with E-state index in [0.717, 1.165) is 34.7 Å². The zero-order chi connectivity index (χ0) is 15.5. The lowest BCUT2D eigenvalue weighted by atomic mass is 9.84. The molecule has 2 aromatic rings. The minimum Gasteiger partial charge on any atom is -0.235 e. The number of aromatic nitrogens is 1. The van der Waals surface area contributed by atoms with E-state index in [2.05, 4.69) is 49.6 Å². The largest absolute Gasteiger partial charge is 0.235 e. The van der Waals surface area contributed by atoms with E-state index >= 15 is 0 Å². The first-order valence-corrected chi connectivity index (χ1v) is 8.70. The maximum absolute atomic E-state index is 9.59. The number of rotatable bonds is 2. The Morgan fingerprint density at radius 3 is 2.77 bits per heavy atom. The third-order valence-electron chi connectivity index (χ3n) is 4.30. The summed E-state index contributed by atoms with van der Waals surface area (Å²) >= 11 is 1.58. The van der Waals surface area contributed by atoms with Crippen molar-refractivity contribution < 1.29 is 0 Å². The van der Waals surface area contributed by atoms with Gasteiger partial charge in [-0.15, -0.1) is 11.3 Å². The summed E-state index contributed by atoms with van der Waals surface area (Å²) in [5, 5.41) is 12.5. The van der Waals surface area contributed by atoms with E-state index in [-0.39, 0.29) is 0 Å². The number of hydrogen-bond acceptors (Lipinski definition) is 3. The Kier molecular flexibility index (Phi) is 4.40. The Bertz CT molecular complexity index is 732. The summed E-state index contributed by atoms with van der Waals surface area (Å²) in [6, 6.07) is 10.8. The van der Waals surface area contributed by atoms with Crippen LogP contribution in [0.1, 0.15) is 43.2 Å². The van der Waals surface area contributed by atoms with E-state index in [4.69, 9.17) is 4.98 Å². The van der Waals surface area contributed by atoms with Crippen LogP contribution < -0.4 is 0 Å². The zero-order valence-electron chi connectivity index (χ0n) is 13.1. The fourth-order valence-corrected chi connectivity index (χ4v) is 3.91. The quantitative estimate of drug-likeness (QED) is 0.676. The molecule has 1 aromatic heterocycles. The van der Waals surface area contributed by atoms with E-state index in [1.54, 1.807) is 11.3 Å². The Labute approximate surface area is 136 Å². The minimum absolute atomic E-state index is 0.684. The summed E-state index contributed by atoms with van der Waals surface area (Å²) in [6.45, 7) is 4.35. The summed E-state index contributed by atoms with van der Waals surface area (Å²) in [5.74, 6) is 0.684. The molecule has 3 heteroatoms. The van der Waals surface area contributed by atoms with Crippen molar-refractivity contribution in [2.45, 2.75) is 39.5 Å². The Hall–Kier alpha value is -1.92. The highest BCUT2D eigenvalue weighted by molar-refractivity contribution is 7.11. The topological polar surface area (TPSA) is 36.7 Å². The van der Waals surface area contributed by atoms with E-state index in [1.165, 1.54) is 24.0 Å². The summed E-state index contributed by atoms with van der Waals surface area (Å²) in [6.07, 6.45) is 4.56. The van der Waals surface area contributed by atoms with Crippen LogP contribution in [0.15, 0.2) is 35.2 Å². The molecule has 0 N–H and O–H groups in total. The van der Waals surface area contributed by atoms with Gasteiger partial charge in [0.1, 0.15) is 11.1 Å². The first-order chi connectivity index (χ1) is 10.7. The van der Waals surface area contributed by atoms with Gasteiger partial charge in [0.2, 0.25) is 0 Å². The number of aryl methyl sites for hydroxylation is 1. The van der Waals surface area contributed by atoms with Gasteiger partial charge in [0.15, 0.2) is 0 Å². The lowest BCUT2D eigenvalue weighted by Gasteiger charge is -2.21. The molecule has 0 radical (unpaired) electrons. The standard InChI is InChI=1S/C19H20N2S/c1-13-6-8-15(9-7-13)18-12-22-19(21-18)17(11-20)16-5-3-4-14(2)10-16/h6-9,12,14H,3-5,10H2,1-2H3. The molecule has 1 aliphatic carbocycles. The molecule has 22 heavy (non-hydrogen) atoms. The second kappa shape index (κ2) is 6.46. The molecule has 1 fully saturated rings. The van der Waals surface area contributed by atoms with Gasteiger partial charge in [0.25, 0.3) is 0 Å². The minimum atomic E-state index is 0.684. The highest BCUT2D eigenvalue weighted by atomic mass is 32.1. The monoisotopic (exact) mass is 308 g/mol. The van der Waals surface area contributed by atoms with Crippen LogP contribution in [-0.2, 0) is 0 Å². The maximum Gasteiger partial charge on any atom is 0.134 e. The summed E-state index contributed by atoms with van der Waals surface area (Å²) in [5.41, 5.74) is 5.45. The molecule has 1 aliphatic rings. The predicted molar refractivity (Wildman–Crippen MR) is 92.5 cm³/mol. The highest BCUT2D eigenvalue weighted by Crippen LogP contribution is 2.35. The maximum atomic E-state index is 9.59. The average molecular weight is 308 g/mol. The van der Waals surface area contributed by atoms with Gasteiger partial charge in [-0.1, -0.05) is 43.2 Å². The van der Waals surface area contributed by atoms with Gasteiger partial charge in [0.05, 0.1) is 11.3 Å². The molecule has 0 bridgehead atoms. The molecule has 0 saturated heterocycles. The number of benzene rings is 1. The Morgan fingerprint density at radius 1 is 1.32 bits per heavy atom. The van der Waals surface area contributed by atoms with Crippen LogP contribution in [0.3, 0.4) is 0 Å². The van der Waals surface area contributed by atoms with Crippen LogP contribution in [-0.4, -0.2) is 4.98 Å². The fraction of sp³-hybridized carbons (Fsp3) is 0.368. The van der Waals surface area contributed by atoms with Crippen LogP contribution in [0.25, 0.3) is 16.8 Å². The van der Waals surface area contributed by atoms with Crippen molar-refractivity contribution in [1.82, 2.24) is 4.98 Å². The van der Waals surface area contributed by atoms with E-state index in [1.807, 2.05) is 0 Å². The van der Waals surface area contributed by atoms with E-state index < -0.39 is 0 Å². The van der Waals surface area contributed by atoms with Crippen molar-refractivity contribution in [3.05, 3.63) is 45.8 Å². The number of thiazole rings is 1. The van der Waals surface area contributed by atoms with Gasteiger partial charge in [-0.2, -0.15) is 5.26 Å². The smallest absolute Gasteiger partial charge is 0.134 e. The van der Waals surface area contributed by atoms with Gasteiger partial charge >= 0.3 is 0 Å². The van der Waals surface area contributed by atoms with Gasteiger partial charge < -0.3 is 0 Å². The van der Waals surface area contributed by atoms with E-state index in [0.29, 0.717) is 5.92 Å². The van der Waals surface area contributed by atoms with Crippen molar-refractivity contribution >= 4 is 16.9 Å². The molecule has 1 aromatic carbocycles. The van der Waals surface area contributed by atoms with Crippen molar-refractivity contribution in [2.75, 3.05) is 0 Å². The first-order valence-electron chi connectivity index (χ1n) is 7.82. The molecule has 1 saturated carbocycles. The molecule has 3 rings (SSSR count). The SMILES string of the molecule is Cc1ccc(-c2csc(C(C#N)=C3CCCC(C)C3)n2)cc1. The van der Waals surface area contributed by atoms with Gasteiger partial charge in [-0.25, -0.2) is 4.98 Å². The molecule has 2 nitrogen and oxygen atoms in total. The van der Waals surface area contributed by atoms with Gasteiger partial charge in [-0.3, -0.25) is 0 Å². The van der Waals surface area contributed by atoms with Crippen molar-refractivity contribution in [3.8, 4) is 17.3 Å².